The van der Waals surface area contributed by atoms with Crippen molar-refractivity contribution in [3.63, 3.8) is 0 Å². The lowest BCUT2D eigenvalue weighted by molar-refractivity contribution is 0.557. The quantitative estimate of drug-likeness (QED) is 0.836. The zero-order valence-corrected chi connectivity index (χ0v) is 13.1. The van der Waals surface area contributed by atoms with Gasteiger partial charge in [-0.05, 0) is 44.4 Å². The minimum atomic E-state index is 0.646. The Morgan fingerprint density at radius 3 is 2.90 bits per heavy atom. The number of fused-ring (bicyclic) bond motifs is 1. The molecule has 0 radical (unpaired) electrons. The summed E-state index contributed by atoms with van der Waals surface area (Å²) in [6.45, 7) is 5.50. The molecule has 1 unspecified atom stereocenters. The fourth-order valence-corrected chi connectivity index (χ4v) is 3.52. The smallest absolute Gasteiger partial charge is 0.0451 e. The van der Waals surface area contributed by atoms with Gasteiger partial charge in [0.05, 0.1) is 0 Å². The Kier molecular flexibility index (Phi) is 4.00. The van der Waals surface area contributed by atoms with Gasteiger partial charge in [-0.3, -0.25) is 4.98 Å². The van der Waals surface area contributed by atoms with Crippen LogP contribution in [0, 0.1) is 6.92 Å². The maximum absolute atomic E-state index is 6.14. The fourth-order valence-electron chi connectivity index (χ4n) is 3.52. The van der Waals surface area contributed by atoms with Gasteiger partial charge < -0.3 is 10.6 Å². The summed E-state index contributed by atoms with van der Waals surface area (Å²) in [5, 5.41) is 2.33. The van der Waals surface area contributed by atoms with Crippen LogP contribution in [0.1, 0.15) is 44.7 Å². The van der Waals surface area contributed by atoms with Gasteiger partial charge >= 0.3 is 0 Å². The van der Waals surface area contributed by atoms with Crippen molar-refractivity contribution in [2.75, 3.05) is 17.2 Å². The molecule has 0 bridgehead atoms. The number of nitrogens with two attached hydrogens (primary N) is 1. The van der Waals surface area contributed by atoms with Gasteiger partial charge in [-0.15, -0.1) is 0 Å². The molecule has 2 heterocycles. The van der Waals surface area contributed by atoms with E-state index in [4.69, 9.17) is 5.73 Å². The average molecular weight is 283 g/mol. The highest BCUT2D eigenvalue weighted by Crippen LogP contribution is 2.34. The Hall–Kier alpha value is -1.77. The first-order valence-corrected chi connectivity index (χ1v) is 8.12. The summed E-state index contributed by atoms with van der Waals surface area (Å²) >= 11 is 0. The third-order valence-electron chi connectivity index (χ3n) is 4.71. The van der Waals surface area contributed by atoms with E-state index in [0.29, 0.717) is 6.04 Å². The third-order valence-corrected chi connectivity index (χ3v) is 4.71. The van der Waals surface area contributed by atoms with Crippen molar-refractivity contribution in [3.8, 4) is 0 Å². The van der Waals surface area contributed by atoms with Crippen LogP contribution in [0.15, 0.2) is 24.4 Å². The van der Waals surface area contributed by atoms with Crippen LogP contribution in [-0.2, 0) is 0 Å². The van der Waals surface area contributed by atoms with Gasteiger partial charge in [-0.25, -0.2) is 0 Å². The number of nitrogens with zero attached hydrogens (tertiary/aromatic N) is 2. The van der Waals surface area contributed by atoms with Gasteiger partial charge in [-0.2, -0.15) is 0 Å². The monoisotopic (exact) mass is 283 g/mol. The summed E-state index contributed by atoms with van der Waals surface area (Å²) in [6.07, 6.45) is 8.40. The van der Waals surface area contributed by atoms with Gasteiger partial charge in [0.25, 0.3) is 0 Å². The van der Waals surface area contributed by atoms with E-state index in [1.165, 1.54) is 43.2 Å². The molecule has 1 atom stereocenters. The Morgan fingerprint density at radius 2 is 2.10 bits per heavy atom. The first-order chi connectivity index (χ1) is 10.2. The molecule has 2 aromatic rings. The van der Waals surface area contributed by atoms with Gasteiger partial charge in [0.15, 0.2) is 0 Å². The Balaban J connectivity index is 2.14. The largest absolute Gasteiger partial charge is 0.398 e. The molecule has 1 fully saturated rings. The maximum atomic E-state index is 6.14. The molecule has 0 saturated carbocycles. The summed E-state index contributed by atoms with van der Waals surface area (Å²) in [5.41, 5.74) is 9.35. The Labute approximate surface area is 127 Å². The number of hydrogen-bond donors (Lipinski definition) is 1. The zero-order valence-electron chi connectivity index (χ0n) is 13.1. The number of benzene rings is 1. The highest BCUT2D eigenvalue weighted by molar-refractivity contribution is 6.01. The highest BCUT2D eigenvalue weighted by atomic mass is 15.2. The van der Waals surface area contributed by atoms with Crippen LogP contribution in [-0.4, -0.2) is 17.6 Å². The molecule has 0 spiro atoms. The molecule has 3 rings (SSSR count). The molecule has 1 aromatic heterocycles. The van der Waals surface area contributed by atoms with E-state index in [2.05, 4.69) is 28.9 Å². The molecular formula is C18H25N3. The second-order valence-electron chi connectivity index (χ2n) is 6.15. The number of nitrogen functional groups attached to an aromatic ring is 1. The zero-order chi connectivity index (χ0) is 14.8. The second-order valence-corrected chi connectivity index (χ2v) is 6.15. The van der Waals surface area contributed by atoms with E-state index in [1.807, 2.05) is 19.2 Å². The number of rotatable bonds is 2. The van der Waals surface area contributed by atoms with Crippen LogP contribution in [0.5, 0.6) is 0 Å². The van der Waals surface area contributed by atoms with Gasteiger partial charge in [0.2, 0.25) is 0 Å². The fraction of sp³-hybridized carbons (Fsp3) is 0.500. The van der Waals surface area contributed by atoms with E-state index < -0.39 is 0 Å². The normalized spacial score (nSPS) is 19.7. The van der Waals surface area contributed by atoms with Crippen molar-refractivity contribution in [1.82, 2.24) is 4.98 Å². The first kappa shape index (κ1) is 14.2. The molecule has 3 heteroatoms. The van der Waals surface area contributed by atoms with Gasteiger partial charge in [0.1, 0.15) is 0 Å². The lowest BCUT2D eigenvalue weighted by Gasteiger charge is -2.32. The average Bonchev–Trinajstić information content (AvgIpc) is 2.72. The Bertz CT molecular complexity index is 636. The lowest BCUT2D eigenvalue weighted by Crippen LogP contribution is -2.34. The van der Waals surface area contributed by atoms with Crippen LogP contribution < -0.4 is 10.6 Å². The molecule has 3 nitrogen and oxygen atoms in total. The molecule has 2 N–H and O–H groups in total. The van der Waals surface area contributed by atoms with E-state index in [9.17, 15) is 0 Å². The molecule has 1 aliphatic rings. The third kappa shape index (κ3) is 2.69. The number of aryl methyl sites for hydroxylation is 1. The van der Waals surface area contributed by atoms with Gasteiger partial charge in [-0.1, -0.05) is 19.8 Å². The van der Waals surface area contributed by atoms with E-state index in [-0.39, 0.29) is 0 Å². The molecule has 0 amide bonds. The standard InChI is InChI=1S/C18H25N3/c1-3-14-7-5-4-6-10-21(14)18-9-8-17(19)16-12-20-13(2)11-15(16)18/h8-9,11-12,14H,3-7,10,19H2,1-2H3. The molecule has 0 aliphatic carbocycles. The summed E-state index contributed by atoms with van der Waals surface area (Å²) in [5.74, 6) is 0. The van der Waals surface area contributed by atoms with E-state index >= 15 is 0 Å². The summed E-state index contributed by atoms with van der Waals surface area (Å²) < 4.78 is 0. The van der Waals surface area contributed by atoms with Crippen LogP contribution in [0.4, 0.5) is 11.4 Å². The molecular weight excluding hydrogens is 258 g/mol. The van der Waals surface area contributed by atoms with Crippen molar-refractivity contribution in [2.45, 2.75) is 52.0 Å². The van der Waals surface area contributed by atoms with Crippen LogP contribution in [0.3, 0.4) is 0 Å². The molecule has 21 heavy (non-hydrogen) atoms. The van der Waals surface area contributed by atoms with Gasteiger partial charge in [0, 0.05) is 46.6 Å². The predicted molar refractivity (Wildman–Crippen MR) is 90.8 cm³/mol. The molecule has 1 aromatic carbocycles. The summed E-state index contributed by atoms with van der Waals surface area (Å²) in [7, 11) is 0. The summed E-state index contributed by atoms with van der Waals surface area (Å²) in [4.78, 5) is 7.02. The Morgan fingerprint density at radius 1 is 1.24 bits per heavy atom. The van der Waals surface area contributed by atoms with Crippen molar-refractivity contribution in [3.05, 3.63) is 30.1 Å². The van der Waals surface area contributed by atoms with E-state index in [0.717, 1.165) is 23.3 Å². The molecule has 1 aliphatic heterocycles. The minimum Gasteiger partial charge on any atom is -0.398 e. The number of pyridine rings is 1. The summed E-state index contributed by atoms with van der Waals surface area (Å²) in [6, 6.07) is 7.06. The number of aromatic nitrogens is 1. The van der Waals surface area contributed by atoms with Crippen molar-refractivity contribution in [2.24, 2.45) is 0 Å². The number of hydrogen-bond acceptors (Lipinski definition) is 3. The van der Waals surface area contributed by atoms with Crippen LogP contribution >= 0.6 is 0 Å². The molecule has 1 saturated heterocycles. The van der Waals surface area contributed by atoms with Crippen molar-refractivity contribution in [1.29, 1.82) is 0 Å². The first-order valence-electron chi connectivity index (χ1n) is 8.12. The second kappa shape index (κ2) is 5.92. The SMILES string of the molecule is CCC1CCCCCN1c1ccc(N)c2cnc(C)cc12. The van der Waals surface area contributed by atoms with Crippen LogP contribution in [0.2, 0.25) is 0 Å². The number of anilines is 2. The minimum absolute atomic E-state index is 0.646. The van der Waals surface area contributed by atoms with Crippen molar-refractivity contribution < 1.29 is 0 Å². The lowest BCUT2D eigenvalue weighted by atomic mass is 10.0. The van der Waals surface area contributed by atoms with E-state index in [1.54, 1.807) is 0 Å². The maximum Gasteiger partial charge on any atom is 0.0451 e. The highest BCUT2D eigenvalue weighted by Gasteiger charge is 2.21. The molecule has 112 valence electrons. The predicted octanol–water partition coefficient (Wildman–Crippen LogP) is 4.28. The van der Waals surface area contributed by atoms with Crippen molar-refractivity contribution >= 4 is 22.1 Å². The topological polar surface area (TPSA) is 42.1 Å². The van der Waals surface area contributed by atoms with Crippen LogP contribution in [0.25, 0.3) is 10.8 Å².